The number of aromatic nitrogens is 2. The predicted octanol–water partition coefficient (Wildman–Crippen LogP) is 2.11. The standard InChI is InChI=1S/C22H30N4O4S/c27-21-19-16-31(28,29)13-8-20(19)24-22(25-21)23-9-5-12-30-18-7-4-6-17(14-18)15-26-10-2-1-3-11-26/h4,6-7,14H,1-3,5,8-13,15-16H2,(H2,23,24,25,27). The molecular formula is C22H30N4O4S. The van der Waals surface area contributed by atoms with E-state index in [2.05, 4.69) is 32.3 Å². The highest BCUT2D eigenvalue weighted by Gasteiger charge is 2.25. The molecule has 31 heavy (non-hydrogen) atoms. The van der Waals surface area contributed by atoms with Crippen molar-refractivity contribution in [2.75, 3.05) is 37.3 Å². The van der Waals surface area contributed by atoms with Crippen molar-refractivity contribution in [3.63, 3.8) is 0 Å². The molecule has 0 saturated carbocycles. The largest absolute Gasteiger partial charge is 0.494 e. The predicted molar refractivity (Wildman–Crippen MR) is 120 cm³/mol. The van der Waals surface area contributed by atoms with Crippen molar-refractivity contribution in [1.29, 1.82) is 0 Å². The first-order valence-electron chi connectivity index (χ1n) is 11.0. The molecule has 9 heteroatoms. The van der Waals surface area contributed by atoms with Crippen molar-refractivity contribution in [2.45, 2.75) is 44.4 Å². The second-order valence-corrected chi connectivity index (χ2v) is 10.5. The highest BCUT2D eigenvalue weighted by atomic mass is 32.2. The van der Waals surface area contributed by atoms with Crippen molar-refractivity contribution in [3.8, 4) is 5.75 Å². The minimum atomic E-state index is -3.19. The summed E-state index contributed by atoms with van der Waals surface area (Å²) in [5.74, 6) is 1.07. The number of hydrogen-bond acceptors (Lipinski definition) is 7. The highest BCUT2D eigenvalue weighted by Crippen LogP contribution is 2.18. The zero-order chi connectivity index (χ0) is 21.7. The summed E-state index contributed by atoms with van der Waals surface area (Å²) in [5.41, 5.74) is 1.74. The molecule has 1 aromatic carbocycles. The van der Waals surface area contributed by atoms with Crippen LogP contribution in [0.15, 0.2) is 29.1 Å². The van der Waals surface area contributed by atoms with Crippen LogP contribution in [-0.2, 0) is 28.6 Å². The number of ether oxygens (including phenoxy) is 1. The fraction of sp³-hybridized carbons (Fsp3) is 0.545. The molecule has 1 fully saturated rings. The number of sulfone groups is 1. The first-order valence-corrected chi connectivity index (χ1v) is 12.8. The van der Waals surface area contributed by atoms with E-state index in [1.165, 1.54) is 37.9 Å². The summed E-state index contributed by atoms with van der Waals surface area (Å²) < 4.78 is 29.3. The Hall–Kier alpha value is -2.39. The Morgan fingerprint density at radius 2 is 2.03 bits per heavy atom. The Morgan fingerprint density at radius 3 is 2.87 bits per heavy atom. The van der Waals surface area contributed by atoms with Crippen LogP contribution in [0.25, 0.3) is 0 Å². The topological polar surface area (TPSA) is 104 Å². The van der Waals surface area contributed by atoms with Crippen molar-refractivity contribution in [2.24, 2.45) is 0 Å². The van der Waals surface area contributed by atoms with Crippen molar-refractivity contribution in [3.05, 3.63) is 51.4 Å². The Balaban J connectivity index is 1.23. The third kappa shape index (κ3) is 6.07. The minimum Gasteiger partial charge on any atom is -0.494 e. The van der Waals surface area contributed by atoms with Crippen molar-refractivity contribution >= 4 is 15.8 Å². The number of likely N-dealkylation sites (tertiary alicyclic amines) is 1. The third-order valence-electron chi connectivity index (χ3n) is 5.75. The van der Waals surface area contributed by atoms with E-state index in [4.69, 9.17) is 4.74 Å². The first-order chi connectivity index (χ1) is 15.0. The molecule has 2 aliphatic rings. The van der Waals surface area contributed by atoms with Gasteiger partial charge in [-0.15, -0.1) is 0 Å². The van der Waals surface area contributed by atoms with E-state index in [1.54, 1.807) is 0 Å². The number of piperidine rings is 1. The van der Waals surface area contributed by atoms with Gasteiger partial charge < -0.3 is 10.1 Å². The molecule has 0 unspecified atom stereocenters. The number of rotatable bonds is 8. The van der Waals surface area contributed by atoms with E-state index in [0.29, 0.717) is 24.8 Å². The van der Waals surface area contributed by atoms with Gasteiger partial charge in [-0.05, 0) is 50.0 Å². The maximum atomic E-state index is 12.2. The Labute approximate surface area is 183 Å². The molecule has 1 aromatic heterocycles. The highest BCUT2D eigenvalue weighted by molar-refractivity contribution is 7.90. The second-order valence-electron chi connectivity index (χ2n) is 8.29. The minimum absolute atomic E-state index is 0.0422. The molecule has 2 aliphatic heterocycles. The van der Waals surface area contributed by atoms with Gasteiger partial charge in [-0.2, -0.15) is 0 Å². The van der Waals surface area contributed by atoms with Gasteiger partial charge in [0, 0.05) is 19.5 Å². The van der Waals surface area contributed by atoms with E-state index < -0.39 is 9.84 Å². The molecule has 0 bridgehead atoms. The van der Waals surface area contributed by atoms with Gasteiger partial charge in [0.25, 0.3) is 5.56 Å². The maximum absolute atomic E-state index is 12.2. The fourth-order valence-electron chi connectivity index (χ4n) is 4.11. The number of nitrogens with zero attached hydrogens (tertiary/aromatic N) is 2. The monoisotopic (exact) mass is 446 g/mol. The molecule has 8 nitrogen and oxygen atoms in total. The lowest BCUT2D eigenvalue weighted by Gasteiger charge is -2.26. The molecule has 2 aromatic rings. The van der Waals surface area contributed by atoms with Crippen molar-refractivity contribution < 1.29 is 13.2 Å². The molecule has 0 radical (unpaired) electrons. The van der Waals surface area contributed by atoms with Crippen molar-refractivity contribution in [1.82, 2.24) is 14.9 Å². The van der Waals surface area contributed by atoms with Gasteiger partial charge in [-0.3, -0.25) is 14.7 Å². The zero-order valence-electron chi connectivity index (χ0n) is 17.7. The van der Waals surface area contributed by atoms with Gasteiger partial charge in [-0.1, -0.05) is 18.6 Å². The summed E-state index contributed by atoms with van der Waals surface area (Å²) in [5, 5.41) is 3.11. The van der Waals surface area contributed by atoms with E-state index >= 15 is 0 Å². The summed E-state index contributed by atoms with van der Waals surface area (Å²) in [7, 11) is -3.19. The molecule has 3 heterocycles. The van der Waals surface area contributed by atoms with Gasteiger partial charge in [0.15, 0.2) is 9.84 Å². The molecular weight excluding hydrogens is 416 g/mol. The number of H-pyrrole nitrogens is 1. The van der Waals surface area contributed by atoms with Crippen LogP contribution < -0.4 is 15.6 Å². The van der Waals surface area contributed by atoms with E-state index in [1.807, 2.05) is 12.1 Å². The lowest BCUT2D eigenvalue weighted by atomic mass is 10.1. The molecule has 168 valence electrons. The molecule has 4 rings (SSSR count). The van der Waals surface area contributed by atoms with Crippen LogP contribution in [0.5, 0.6) is 5.75 Å². The number of anilines is 1. The number of benzene rings is 1. The summed E-state index contributed by atoms with van der Waals surface area (Å²) in [4.78, 5) is 21.7. The summed E-state index contributed by atoms with van der Waals surface area (Å²) in [6.07, 6.45) is 4.93. The Kier molecular flexibility index (Phi) is 6.92. The lowest BCUT2D eigenvalue weighted by molar-refractivity contribution is 0.220. The number of aryl methyl sites for hydroxylation is 1. The Morgan fingerprint density at radius 1 is 1.19 bits per heavy atom. The average Bonchev–Trinajstić information content (AvgIpc) is 2.75. The fourth-order valence-corrected chi connectivity index (χ4v) is 5.49. The lowest BCUT2D eigenvalue weighted by Crippen LogP contribution is -2.29. The van der Waals surface area contributed by atoms with Gasteiger partial charge in [0.1, 0.15) is 5.75 Å². The van der Waals surface area contributed by atoms with Gasteiger partial charge in [-0.25, -0.2) is 13.4 Å². The number of hydrogen-bond donors (Lipinski definition) is 2. The summed E-state index contributed by atoms with van der Waals surface area (Å²) in [6, 6.07) is 8.27. The van der Waals surface area contributed by atoms with Crippen LogP contribution in [0.3, 0.4) is 0 Å². The van der Waals surface area contributed by atoms with E-state index in [9.17, 15) is 13.2 Å². The van der Waals surface area contributed by atoms with Crippen LogP contribution in [0.2, 0.25) is 0 Å². The molecule has 0 atom stereocenters. The van der Waals surface area contributed by atoms with Crippen LogP contribution in [0.4, 0.5) is 5.95 Å². The number of aromatic amines is 1. The van der Waals surface area contributed by atoms with Crippen LogP contribution in [0.1, 0.15) is 42.5 Å². The SMILES string of the molecule is O=c1[nH]c(NCCCOc2cccc(CN3CCCCC3)c2)nc2c1CS(=O)(=O)CC2. The molecule has 2 N–H and O–H groups in total. The third-order valence-corrected chi connectivity index (χ3v) is 7.31. The van der Waals surface area contributed by atoms with Crippen LogP contribution in [-0.4, -0.2) is 55.3 Å². The van der Waals surface area contributed by atoms with Crippen LogP contribution >= 0.6 is 0 Å². The van der Waals surface area contributed by atoms with Gasteiger partial charge in [0.05, 0.1) is 29.4 Å². The number of fused-ring (bicyclic) bond motifs is 1. The van der Waals surface area contributed by atoms with Gasteiger partial charge >= 0.3 is 0 Å². The van der Waals surface area contributed by atoms with Crippen LogP contribution in [0, 0.1) is 0 Å². The average molecular weight is 447 g/mol. The Bertz CT molecular complexity index is 1060. The second kappa shape index (κ2) is 9.82. The maximum Gasteiger partial charge on any atom is 0.256 e. The quantitative estimate of drug-likeness (QED) is 0.599. The van der Waals surface area contributed by atoms with Gasteiger partial charge in [0.2, 0.25) is 5.95 Å². The molecule has 1 saturated heterocycles. The smallest absolute Gasteiger partial charge is 0.256 e. The normalized spacial score (nSPS) is 18.3. The van der Waals surface area contributed by atoms with E-state index in [0.717, 1.165) is 18.7 Å². The molecule has 0 aliphatic carbocycles. The molecule has 0 spiro atoms. The van der Waals surface area contributed by atoms with E-state index in [-0.39, 0.29) is 29.0 Å². The molecule has 0 amide bonds. The summed E-state index contributed by atoms with van der Waals surface area (Å²) >= 11 is 0. The summed E-state index contributed by atoms with van der Waals surface area (Å²) in [6.45, 7) is 4.45. The zero-order valence-corrected chi connectivity index (χ0v) is 18.5. The number of nitrogens with one attached hydrogen (secondary N) is 2. The first kappa shape index (κ1) is 21.8.